The van der Waals surface area contributed by atoms with Crippen molar-refractivity contribution in [1.29, 1.82) is 0 Å². The highest BCUT2D eigenvalue weighted by Gasteiger charge is 2.44. The Labute approximate surface area is 213 Å². The Balaban J connectivity index is 1.63. The van der Waals surface area contributed by atoms with E-state index in [-0.39, 0.29) is 25.1 Å². The molecule has 9 nitrogen and oxygen atoms in total. The summed E-state index contributed by atoms with van der Waals surface area (Å²) in [5.74, 6) is -0.315. The SMILES string of the molecule is C[C@@H]1CC[C@H](NC(=O)C2(NC(=O)OC(C)(C)C)CCCCC2)[C@@H](O)CN1C(=O)OCc1ccccc1. The van der Waals surface area contributed by atoms with Crippen LogP contribution in [0.1, 0.15) is 78.2 Å². The number of hydrogen-bond acceptors (Lipinski definition) is 6. The van der Waals surface area contributed by atoms with E-state index in [1.807, 2.05) is 37.3 Å². The Morgan fingerprint density at radius 2 is 1.75 bits per heavy atom. The van der Waals surface area contributed by atoms with Gasteiger partial charge in [0.1, 0.15) is 17.7 Å². The average molecular weight is 504 g/mol. The first-order valence-corrected chi connectivity index (χ1v) is 13.0. The first-order chi connectivity index (χ1) is 17.0. The minimum absolute atomic E-state index is 0.0478. The first-order valence-electron chi connectivity index (χ1n) is 13.0. The van der Waals surface area contributed by atoms with Gasteiger partial charge >= 0.3 is 12.2 Å². The third-order valence-corrected chi connectivity index (χ3v) is 6.91. The van der Waals surface area contributed by atoms with E-state index in [0.29, 0.717) is 25.7 Å². The van der Waals surface area contributed by atoms with Crippen molar-refractivity contribution >= 4 is 18.1 Å². The molecule has 3 rings (SSSR count). The van der Waals surface area contributed by atoms with Crippen molar-refractivity contribution < 1.29 is 29.0 Å². The maximum atomic E-state index is 13.5. The van der Waals surface area contributed by atoms with Gasteiger partial charge in [-0.2, -0.15) is 0 Å². The van der Waals surface area contributed by atoms with Crippen LogP contribution in [0, 0.1) is 0 Å². The molecule has 1 saturated heterocycles. The van der Waals surface area contributed by atoms with Gasteiger partial charge in [0.25, 0.3) is 0 Å². The Hall–Kier alpha value is -2.81. The molecule has 0 radical (unpaired) electrons. The molecule has 0 bridgehead atoms. The van der Waals surface area contributed by atoms with Gasteiger partial charge in [-0.05, 0) is 58.9 Å². The second-order valence-electron chi connectivity index (χ2n) is 11.0. The van der Waals surface area contributed by atoms with Crippen LogP contribution in [-0.4, -0.2) is 64.0 Å². The highest BCUT2D eigenvalue weighted by Crippen LogP contribution is 2.30. The Morgan fingerprint density at radius 1 is 1.08 bits per heavy atom. The van der Waals surface area contributed by atoms with Gasteiger partial charge in [0.15, 0.2) is 0 Å². The molecule has 3 amide bonds. The number of β-amino-alcohol motifs (C(OH)–C–C–N with tert-alkyl or cyclic N) is 1. The molecule has 1 heterocycles. The van der Waals surface area contributed by atoms with E-state index in [1.165, 1.54) is 4.90 Å². The summed E-state index contributed by atoms with van der Waals surface area (Å²) in [6, 6.07) is 8.71. The van der Waals surface area contributed by atoms with Crippen molar-refractivity contribution in [3.63, 3.8) is 0 Å². The lowest BCUT2D eigenvalue weighted by Crippen LogP contribution is -2.63. The van der Waals surface area contributed by atoms with E-state index < -0.39 is 35.5 Å². The van der Waals surface area contributed by atoms with Crippen LogP contribution >= 0.6 is 0 Å². The van der Waals surface area contributed by atoms with Crippen LogP contribution in [0.15, 0.2) is 30.3 Å². The quantitative estimate of drug-likeness (QED) is 0.561. The van der Waals surface area contributed by atoms with E-state index in [4.69, 9.17) is 9.47 Å². The third kappa shape index (κ3) is 7.59. The molecule has 0 unspecified atom stereocenters. The highest BCUT2D eigenvalue weighted by molar-refractivity contribution is 5.90. The van der Waals surface area contributed by atoms with Gasteiger partial charge in [-0.1, -0.05) is 49.6 Å². The van der Waals surface area contributed by atoms with Crippen LogP contribution in [0.5, 0.6) is 0 Å². The van der Waals surface area contributed by atoms with Gasteiger partial charge in [-0.15, -0.1) is 0 Å². The van der Waals surface area contributed by atoms with E-state index in [9.17, 15) is 19.5 Å². The lowest BCUT2D eigenvalue weighted by Gasteiger charge is -2.38. The highest BCUT2D eigenvalue weighted by atomic mass is 16.6. The number of benzene rings is 1. The monoisotopic (exact) mass is 503 g/mol. The van der Waals surface area contributed by atoms with Crippen molar-refractivity contribution in [3.8, 4) is 0 Å². The van der Waals surface area contributed by atoms with Crippen LogP contribution in [0.2, 0.25) is 0 Å². The fourth-order valence-electron chi connectivity index (χ4n) is 4.87. The topological polar surface area (TPSA) is 117 Å². The fraction of sp³-hybridized carbons (Fsp3) is 0.667. The summed E-state index contributed by atoms with van der Waals surface area (Å²) in [5, 5.41) is 16.8. The number of alkyl carbamates (subject to hydrolysis) is 1. The van der Waals surface area contributed by atoms with Gasteiger partial charge < -0.3 is 30.1 Å². The average Bonchev–Trinajstić information content (AvgIpc) is 2.96. The molecule has 1 aliphatic carbocycles. The van der Waals surface area contributed by atoms with Crippen molar-refractivity contribution in [2.45, 2.75) is 109 Å². The molecular weight excluding hydrogens is 462 g/mol. The molecule has 1 saturated carbocycles. The molecule has 36 heavy (non-hydrogen) atoms. The molecule has 0 spiro atoms. The number of carbonyl (C=O) groups is 3. The number of amides is 3. The van der Waals surface area contributed by atoms with Crippen LogP contribution < -0.4 is 10.6 Å². The maximum Gasteiger partial charge on any atom is 0.410 e. The number of ether oxygens (including phenoxy) is 2. The zero-order valence-corrected chi connectivity index (χ0v) is 21.9. The summed E-state index contributed by atoms with van der Waals surface area (Å²) in [6.45, 7) is 7.44. The number of carbonyl (C=O) groups excluding carboxylic acids is 3. The third-order valence-electron chi connectivity index (χ3n) is 6.91. The Bertz CT molecular complexity index is 895. The van der Waals surface area contributed by atoms with E-state index in [1.54, 1.807) is 20.8 Å². The smallest absolute Gasteiger partial charge is 0.410 e. The van der Waals surface area contributed by atoms with Crippen molar-refractivity contribution in [2.75, 3.05) is 6.54 Å². The second-order valence-corrected chi connectivity index (χ2v) is 11.0. The number of hydrogen-bond donors (Lipinski definition) is 3. The summed E-state index contributed by atoms with van der Waals surface area (Å²) < 4.78 is 10.9. The van der Waals surface area contributed by atoms with Crippen molar-refractivity contribution in [2.24, 2.45) is 0 Å². The van der Waals surface area contributed by atoms with Crippen molar-refractivity contribution in [1.82, 2.24) is 15.5 Å². The molecule has 1 aliphatic heterocycles. The minimum atomic E-state index is -1.08. The zero-order chi connectivity index (χ0) is 26.3. The molecule has 3 atom stereocenters. The van der Waals surface area contributed by atoms with E-state index in [2.05, 4.69) is 10.6 Å². The number of nitrogens with one attached hydrogen (secondary N) is 2. The van der Waals surface area contributed by atoms with E-state index >= 15 is 0 Å². The normalized spacial score (nSPS) is 24.2. The molecule has 1 aromatic carbocycles. The minimum Gasteiger partial charge on any atom is -0.445 e. The number of likely N-dealkylation sites (tertiary alicyclic amines) is 1. The van der Waals surface area contributed by atoms with Crippen LogP contribution in [-0.2, 0) is 20.9 Å². The largest absolute Gasteiger partial charge is 0.445 e. The van der Waals surface area contributed by atoms with Gasteiger partial charge in [0, 0.05) is 6.04 Å². The lowest BCUT2D eigenvalue weighted by molar-refractivity contribution is -0.130. The molecular formula is C27H41N3O6. The van der Waals surface area contributed by atoms with Gasteiger partial charge in [0.05, 0.1) is 18.7 Å². The number of aliphatic hydroxyl groups excluding tert-OH is 1. The summed E-state index contributed by atoms with van der Waals surface area (Å²) in [7, 11) is 0. The van der Waals surface area contributed by atoms with Crippen LogP contribution in [0.4, 0.5) is 9.59 Å². The maximum absolute atomic E-state index is 13.5. The molecule has 1 aromatic rings. The fourth-order valence-corrected chi connectivity index (χ4v) is 4.87. The zero-order valence-electron chi connectivity index (χ0n) is 21.9. The molecule has 2 aliphatic rings. The predicted octanol–water partition coefficient (Wildman–Crippen LogP) is 3.88. The van der Waals surface area contributed by atoms with Crippen LogP contribution in [0.25, 0.3) is 0 Å². The first kappa shape index (κ1) is 27.8. The molecule has 9 heteroatoms. The lowest BCUT2D eigenvalue weighted by atomic mass is 9.80. The number of rotatable bonds is 5. The van der Waals surface area contributed by atoms with Crippen molar-refractivity contribution in [3.05, 3.63) is 35.9 Å². The summed E-state index contributed by atoms with van der Waals surface area (Å²) in [5.41, 5.74) is -0.871. The second kappa shape index (κ2) is 12.0. The Kier molecular flexibility index (Phi) is 9.22. The molecule has 0 aromatic heterocycles. The standard InChI is InChI=1S/C27H41N3O6/c1-19-13-14-21(22(31)17-30(19)25(34)35-18-20-11-7-5-8-12-20)28-23(32)27(15-9-6-10-16-27)29-24(33)36-26(2,3)4/h5,7-8,11-12,19,21-22,31H,6,9-10,13-18H2,1-4H3,(H,28,32)(H,29,33)/t19-,21+,22+/m1/s1. The van der Waals surface area contributed by atoms with Gasteiger partial charge in [-0.25, -0.2) is 9.59 Å². The van der Waals surface area contributed by atoms with Crippen LogP contribution in [0.3, 0.4) is 0 Å². The van der Waals surface area contributed by atoms with Gasteiger partial charge in [0.2, 0.25) is 5.91 Å². The molecule has 3 N–H and O–H groups in total. The molecule has 2 fully saturated rings. The van der Waals surface area contributed by atoms with Gasteiger partial charge in [-0.3, -0.25) is 4.79 Å². The molecule has 200 valence electrons. The number of nitrogens with zero attached hydrogens (tertiary/aromatic N) is 1. The summed E-state index contributed by atoms with van der Waals surface area (Å²) in [6.07, 6.45) is 2.65. The summed E-state index contributed by atoms with van der Waals surface area (Å²) in [4.78, 5) is 40.4. The van der Waals surface area contributed by atoms with E-state index in [0.717, 1.165) is 24.8 Å². The Morgan fingerprint density at radius 3 is 2.39 bits per heavy atom. The summed E-state index contributed by atoms with van der Waals surface area (Å²) >= 11 is 0. The number of aliphatic hydroxyl groups is 1. The predicted molar refractivity (Wildman–Crippen MR) is 135 cm³/mol.